The van der Waals surface area contributed by atoms with Crippen molar-refractivity contribution in [3.63, 3.8) is 0 Å². The molecule has 1 fully saturated rings. The molecule has 0 radical (unpaired) electrons. The fourth-order valence-electron chi connectivity index (χ4n) is 3.09. The number of aromatic nitrogens is 2. The Morgan fingerprint density at radius 2 is 1.81 bits per heavy atom. The summed E-state index contributed by atoms with van der Waals surface area (Å²) in [5, 5.41) is 18.2. The van der Waals surface area contributed by atoms with E-state index in [0.717, 1.165) is 30.4 Å². The second kappa shape index (κ2) is 7.34. The van der Waals surface area contributed by atoms with Gasteiger partial charge in [-0.05, 0) is 18.9 Å². The van der Waals surface area contributed by atoms with Crippen molar-refractivity contribution < 1.29 is 19.5 Å². The van der Waals surface area contributed by atoms with Gasteiger partial charge in [0.2, 0.25) is 5.91 Å². The zero-order chi connectivity index (χ0) is 18.7. The monoisotopic (exact) mass is 358 g/mol. The van der Waals surface area contributed by atoms with E-state index >= 15 is 0 Å². The molecule has 1 aliphatic rings. The molecule has 0 saturated heterocycles. The highest BCUT2D eigenvalue weighted by atomic mass is 16.4. The van der Waals surface area contributed by atoms with Crippen molar-refractivity contribution in [3.8, 4) is 0 Å². The number of urea groups is 1. The molecular weight excluding hydrogens is 340 g/mol. The van der Waals surface area contributed by atoms with Crippen LogP contribution in [0.4, 0.5) is 4.79 Å². The first-order valence-electron chi connectivity index (χ1n) is 8.29. The minimum absolute atomic E-state index is 0.0444. The Kier molecular flexibility index (Phi) is 4.97. The molecule has 26 heavy (non-hydrogen) atoms. The van der Waals surface area contributed by atoms with Crippen LogP contribution < -0.4 is 16.2 Å². The van der Waals surface area contributed by atoms with E-state index in [1.807, 2.05) is 0 Å². The van der Waals surface area contributed by atoms with E-state index in [2.05, 4.69) is 15.7 Å². The fraction of sp³-hybridized carbons (Fsp3) is 0.353. The van der Waals surface area contributed by atoms with E-state index in [0.29, 0.717) is 0 Å². The standard InChI is InChI=1S/C17H18N4O5/c22-13(19-17(26)18-10-5-1-2-6-10)9-21-15(23)12-8-4-3-7-11(12)14(20-21)16(24)25/h3-4,7-8,10H,1-2,5-6,9H2,(H,24,25)(H2,18,19,22,26). The van der Waals surface area contributed by atoms with E-state index in [1.54, 1.807) is 12.1 Å². The molecule has 3 rings (SSSR count). The van der Waals surface area contributed by atoms with E-state index in [4.69, 9.17) is 0 Å². The highest BCUT2D eigenvalue weighted by Gasteiger charge is 2.20. The predicted octanol–water partition coefficient (Wildman–Crippen LogP) is 0.863. The molecule has 1 saturated carbocycles. The third-order valence-corrected chi connectivity index (χ3v) is 4.31. The number of aromatic carboxylic acids is 1. The molecule has 0 atom stereocenters. The van der Waals surface area contributed by atoms with Crippen LogP contribution in [0.1, 0.15) is 36.2 Å². The van der Waals surface area contributed by atoms with Crippen molar-refractivity contribution in [2.24, 2.45) is 0 Å². The molecule has 9 heteroatoms. The van der Waals surface area contributed by atoms with Gasteiger partial charge in [0.25, 0.3) is 5.56 Å². The summed E-state index contributed by atoms with van der Waals surface area (Å²) in [6.07, 6.45) is 3.81. The Morgan fingerprint density at radius 1 is 1.15 bits per heavy atom. The fourth-order valence-corrected chi connectivity index (χ4v) is 3.09. The molecule has 1 aliphatic carbocycles. The topological polar surface area (TPSA) is 130 Å². The van der Waals surface area contributed by atoms with Crippen molar-refractivity contribution in [2.75, 3.05) is 0 Å². The Bertz CT molecular complexity index is 930. The molecule has 0 aliphatic heterocycles. The maximum Gasteiger partial charge on any atom is 0.357 e. The molecule has 1 aromatic heterocycles. The van der Waals surface area contributed by atoms with Gasteiger partial charge in [-0.2, -0.15) is 5.10 Å². The maximum atomic E-state index is 12.4. The number of nitrogens with one attached hydrogen (secondary N) is 2. The number of hydrogen-bond acceptors (Lipinski definition) is 5. The first-order valence-corrected chi connectivity index (χ1v) is 8.29. The van der Waals surface area contributed by atoms with Crippen molar-refractivity contribution in [1.29, 1.82) is 0 Å². The van der Waals surface area contributed by atoms with Crippen LogP contribution >= 0.6 is 0 Å². The average Bonchev–Trinajstić information content (AvgIpc) is 3.09. The summed E-state index contributed by atoms with van der Waals surface area (Å²) in [6, 6.07) is 5.55. The van der Waals surface area contributed by atoms with Crippen LogP contribution in [0, 0.1) is 0 Å². The van der Waals surface area contributed by atoms with Crippen molar-refractivity contribution >= 4 is 28.7 Å². The highest BCUT2D eigenvalue weighted by Crippen LogP contribution is 2.17. The Labute approximate surface area is 148 Å². The Balaban J connectivity index is 1.78. The van der Waals surface area contributed by atoms with E-state index in [1.165, 1.54) is 12.1 Å². The lowest BCUT2D eigenvalue weighted by Gasteiger charge is -2.13. The third kappa shape index (κ3) is 3.71. The molecule has 3 amide bonds. The summed E-state index contributed by atoms with van der Waals surface area (Å²) in [5.41, 5.74) is -0.930. The minimum Gasteiger partial charge on any atom is -0.476 e. The molecule has 2 aromatic rings. The van der Waals surface area contributed by atoms with Gasteiger partial charge in [0.15, 0.2) is 5.69 Å². The van der Waals surface area contributed by atoms with Gasteiger partial charge in [-0.1, -0.05) is 31.0 Å². The number of fused-ring (bicyclic) bond motifs is 1. The van der Waals surface area contributed by atoms with E-state index < -0.39 is 30.0 Å². The van der Waals surface area contributed by atoms with Crippen LogP contribution in [0.15, 0.2) is 29.1 Å². The number of rotatable bonds is 4. The molecule has 0 bridgehead atoms. The first kappa shape index (κ1) is 17.6. The van der Waals surface area contributed by atoms with Crippen molar-refractivity contribution in [1.82, 2.24) is 20.4 Å². The summed E-state index contributed by atoms with van der Waals surface area (Å²) in [5.74, 6) is -2.06. The van der Waals surface area contributed by atoms with Crippen molar-refractivity contribution in [2.45, 2.75) is 38.3 Å². The first-order chi connectivity index (χ1) is 12.5. The second-order valence-electron chi connectivity index (χ2n) is 6.17. The summed E-state index contributed by atoms with van der Waals surface area (Å²) in [7, 11) is 0. The lowest BCUT2D eigenvalue weighted by atomic mass is 10.1. The molecule has 1 aromatic carbocycles. The summed E-state index contributed by atoms with van der Waals surface area (Å²) in [6.45, 7) is -0.554. The van der Waals surface area contributed by atoms with Gasteiger partial charge in [-0.3, -0.25) is 14.9 Å². The normalized spacial score (nSPS) is 14.3. The quantitative estimate of drug-likeness (QED) is 0.743. The zero-order valence-corrected chi connectivity index (χ0v) is 13.9. The van der Waals surface area contributed by atoms with E-state index in [9.17, 15) is 24.3 Å². The largest absolute Gasteiger partial charge is 0.476 e. The number of carbonyl (C=O) groups excluding carboxylic acids is 2. The number of benzene rings is 1. The van der Waals surface area contributed by atoms with Gasteiger partial charge in [-0.15, -0.1) is 0 Å². The number of amides is 3. The number of hydrogen-bond donors (Lipinski definition) is 3. The number of carboxylic acid groups (broad SMARTS) is 1. The molecule has 0 unspecified atom stereocenters. The van der Waals surface area contributed by atoms with Gasteiger partial charge >= 0.3 is 12.0 Å². The van der Waals surface area contributed by atoms with Crippen molar-refractivity contribution in [3.05, 3.63) is 40.3 Å². The van der Waals surface area contributed by atoms with Gasteiger partial charge in [0.05, 0.1) is 5.39 Å². The van der Waals surface area contributed by atoms with Gasteiger partial charge < -0.3 is 10.4 Å². The molecule has 9 nitrogen and oxygen atoms in total. The Morgan fingerprint density at radius 3 is 2.46 bits per heavy atom. The summed E-state index contributed by atoms with van der Waals surface area (Å²) < 4.78 is 0.754. The maximum absolute atomic E-state index is 12.4. The van der Waals surface area contributed by atoms with Crippen LogP contribution in [0.3, 0.4) is 0 Å². The smallest absolute Gasteiger partial charge is 0.357 e. The number of nitrogens with zero attached hydrogens (tertiary/aromatic N) is 2. The zero-order valence-electron chi connectivity index (χ0n) is 13.9. The Hall–Kier alpha value is -3.23. The molecule has 136 valence electrons. The number of carboxylic acids is 1. The molecule has 1 heterocycles. The summed E-state index contributed by atoms with van der Waals surface area (Å²) in [4.78, 5) is 47.7. The van der Waals surface area contributed by atoms with Crippen LogP contribution in [0.25, 0.3) is 10.8 Å². The minimum atomic E-state index is -1.31. The predicted molar refractivity (Wildman–Crippen MR) is 91.9 cm³/mol. The van der Waals surface area contributed by atoms with Crippen LogP contribution in [-0.4, -0.2) is 38.8 Å². The number of imide groups is 1. The third-order valence-electron chi connectivity index (χ3n) is 4.31. The summed E-state index contributed by atoms with van der Waals surface area (Å²) >= 11 is 0. The van der Waals surface area contributed by atoms with Gasteiger partial charge in [0, 0.05) is 11.4 Å². The molecule has 3 N–H and O–H groups in total. The molecule has 0 spiro atoms. The lowest BCUT2D eigenvalue weighted by Crippen LogP contribution is -2.45. The molecular formula is C17H18N4O5. The van der Waals surface area contributed by atoms with E-state index in [-0.39, 0.29) is 22.5 Å². The second-order valence-corrected chi connectivity index (χ2v) is 6.17. The average molecular weight is 358 g/mol. The van der Waals surface area contributed by atoms with Crippen LogP contribution in [0.2, 0.25) is 0 Å². The van der Waals surface area contributed by atoms with Gasteiger partial charge in [-0.25, -0.2) is 14.3 Å². The number of carbonyl (C=O) groups is 3. The van der Waals surface area contributed by atoms with Gasteiger partial charge in [0.1, 0.15) is 6.54 Å². The highest BCUT2D eigenvalue weighted by molar-refractivity contribution is 6.01. The SMILES string of the molecule is O=C(Cn1nc(C(=O)O)c2ccccc2c1=O)NC(=O)NC1CCCC1. The lowest BCUT2D eigenvalue weighted by molar-refractivity contribution is -0.120. The van der Waals surface area contributed by atoms with Crippen LogP contribution in [0.5, 0.6) is 0 Å². The van der Waals surface area contributed by atoms with Crippen LogP contribution in [-0.2, 0) is 11.3 Å².